The Balaban J connectivity index is 1.41. The number of hydrogen-bond donors (Lipinski definition) is 3. The van der Waals surface area contributed by atoms with Crippen LogP contribution in [0.1, 0.15) is 38.5 Å². The third-order valence-electron chi connectivity index (χ3n) is 6.79. The Kier molecular flexibility index (Phi) is 7.78. The topological polar surface area (TPSA) is 67.4 Å². The molecule has 4 rings (SSSR count). The van der Waals surface area contributed by atoms with Gasteiger partial charge >= 0.3 is 0 Å². The molecule has 0 aliphatic heterocycles. The van der Waals surface area contributed by atoms with E-state index in [1.807, 2.05) is 0 Å². The van der Waals surface area contributed by atoms with Crippen molar-refractivity contribution in [3.8, 4) is 11.1 Å². The Morgan fingerprint density at radius 1 is 1.00 bits per heavy atom. The van der Waals surface area contributed by atoms with E-state index in [0.29, 0.717) is 25.0 Å². The van der Waals surface area contributed by atoms with Crippen LogP contribution in [0.25, 0.3) is 11.1 Å². The van der Waals surface area contributed by atoms with Crippen LogP contribution in [0.4, 0.5) is 20.3 Å². The van der Waals surface area contributed by atoms with Gasteiger partial charge in [-0.05, 0) is 62.8 Å². The molecule has 180 valence electrons. The van der Waals surface area contributed by atoms with Crippen molar-refractivity contribution in [2.24, 2.45) is 0 Å². The van der Waals surface area contributed by atoms with Gasteiger partial charge in [0.1, 0.15) is 17.5 Å². The van der Waals surface area contributed by atoms with Crippen LogP contribution in [0.2, 0.25) is 0 Å². The molecule has 2 fully saturated rings. The van der Waals surface area contributed by atoms with Crippen molar-refractivity contribution < 1.29 is 18.3 Å². The second kappa shape index (κ2) is 10.8. The highest BCUT2D eigenvalue weighted by Gasteiger charge is 2.42. The Hall–Kier alpha value is -2.29. The molecule has 2 aliphatic rings. The summed E-state index contributed by atoms with van der Waals surface area (Å²) in [4.78, 5) is 4.21. The third-order valence-corrected chi connectivity index (χ3v) is 6.79. The second-order valence-corrected chi connectivity index (χ2v) is 9.12. The van der Waals surface area contributed by atoms with Gasteiger partial charge in [-0.15, -0.1) is 0 Å². The Morgan fingerprint density at radius 2 is 1.73 bits per heavy atom. The van der Waals surface area contributed by atoms with Crippen LogP contribution in [0.3, 0.4) is 0 Å². The second-order valence-electron chi connectivity index (χ2n) is 9.12. The molecular formula is C25H34F2N4O2. The third kappa shape index (κ3) is 6.19. The molecule has 0 spiro atoms. The molecule has 1 heterocycles. The lowest BCUT2D eigenvalue weighted by Gasteiger charge is -2.30. The first-order chi connectivity index (χ1) is 16.0. The van der Waals surface area contributed by atoms with Gasteiger partial charge < -0.3 is 25.4 Å². The van der Waals surface area contributed by atoms with Crippen LogP contribution in [-0.2, 0) is 9.47 Å². The van der Waals surface area contributed by atoms with Crippen molar-refractivity contribution in [3.05, 3.63) is 42.1 Å². The zero-order valence-corrected chi connectivity index (χ0v) is 19.4. The van der Waals surface area contributed by atoms with Gasteiger partial charge in [-0.1, -0.05) is 0 Å². The maximum atomic E-state index is 14.7. The van der Waals surface area contributed by atoms with Crippen molar-refractivity contribution in [2.45, 2.75) is 56.2 Å². The Morgan fingerprint density at radius 3 is 2.42 bits per heavy atom. The number of nitrogens with one attached hydrogen (secondary N) is 3. The maximum absolute atomic E-state index is 14.7. The van der Waals surface area contributed by atoms with Crippen LogP contribution in [0, 0.1) is 11.6 Å². The molecule has 33 heavy (non-hydrogen) atoms. The highest BCUT2D eigenvalue weighted by atomic mass is 19.1. The van der Waals surface area contributed by atoms with Crippen molar-refractivity contribution in [2.75, 3.05) is 44.5 Å². The quantitative estimate of drug-likeness (QED) is 0.427. The minimum atomic E-state index is -0.543. The van der Waals surface area contributed by atoms with Gasteiger partial charge in [0.05, 0.1) is 18.4 Å². The van der Waals surface area contributed by atoms with E-state index >= 15 is 0 Å². The molecule has 8 heteroatoms. The summed E-state index contributed by atoms with van der Waals surface area (Å²) in [6, 6.07) is 7.06. The fourth-order valence-corrected chi connectivity index (χ4v) is 4.44. The summed E-state index contributed by atoms with van der Waals surface area (Å²) in [7, 11) is 3.41. The predicted molar refractivity (Wildman–Crippen MR) is 127 cm³/mol. The van der Waals surface area contributed by atoms with Gasteiger partial charge in [0.25, 0.3) is 0 Å². The number of hydrogen-bond acceptors (Lipinski definition) is 6. The molecule has 2 aromatic rings. The Bertz CT molecular complexity index is 931. The molecule has 0 atom stereocenters. The van der Waals surface area contributed by atoms with Crippen molar-refractivity contribution >= 4 is 11.5 Å². The number of pyridine rings is 1. The van der Waals surface area contributed by atoms with E-state index < -0.39 is 11.6 Å². The number of anilines is 2. The SMILES string of the molecule is COCCNC1CCC(Nc2cc(-c3cc(NCC4(OC)CC4)ccc3F)c(F)cn2)CC1. The van der Waals surface area contributed by atoms with Crippen LogP contribution in [-0.4, -0.2) is 56.6 Å². The smallest absolute Gasteiger partial charge is 0.149 e. The van der Waals surface area contributed by atoms with Gasteiger partial charge in [-0.2, -0.15) is 0 Å². The van der Waals surface area contributed by atoms with E-state index in [9.17, 15) is 8.78 Å². The average molecular weight is 461 g/mol. The maximum Gasteiger partial charge on any atom is 0.149 e. The number of halogens is 2. The molecule has 1 aromatic carbocycles. The van der Waals surface area contributed by atoms with E-state index in [0.717, 1.165) is 50.8 Å². The number of ether oxygens (including phenoxy) is 2. The van der Waals surface area contributed by atoms with Gasteiger partial charge in [0.2, 0.25) is 0 Å². The molecule has 2 aliphatic carbocycles. The number of nitrogens with zero attached hydrogens (tertiary/aromatic N) is 1. The first kappa shape index (κ1) is 23.9. The van der Waals surface area contributed by atoms with Crippen LogP contribution >= 0.6 is 0 Å². The lowest BCUT2D eigenvalue weighted by atomic mass is 9.91. The number of methoxy groups -OCH3 is 2. The molecule has 0 amide bonds. The molecule has 0 bridgehead atoms. The molecule has 6 nitrogen and oxygen atoms in total. The van der Waals surface area contributed by atoms with Gasteiger partial charge in [0.15, 0.2) is 0 Å². The first-order valence-corrected chi connectivity index (χ1v) is 11.8. The Labute approximate surface area is 194 Å². The summed E-state index contributed by atoms with van der Waals surface area (Å²) in [5, 5.41) is 10.2. The molecule has 0 unspecified atom stereocenters. The lowest BCUT2D eigenvalue weighted by Crippen LogP contribution is -2.38. The molecule has 0 saturated heterocycles. The highest BCUT2D eigenvalue weighted by molar-refractivity contribution is 5.71. The summed E-state index contributed by atoms with van der Waals surface area (Å²) in [6.07, 6.45) is 7.27. The predicted octanol–water partition coefficient (Wildman–Crippen LogP) is 4.58. The fraction of sp³-hybridized carbons (Fsp3) is 0.560. The van der Waals surface area contributed by atoms with E-state index in [1.54, 1.807) is 32.4 Å². The largest absolute Gasteiger partial charge is 0.383 e. The van der Waals surface area contributed by atoms with Crippen LogP contribution in [0.15, 0.2) is 30.5 Å². The molecule has 2 saturated carbocycles. The number of aromatic nitrogens is 1. The molecule has 1 aromatic heterocycles. The standard InChI is InChI=1S/C25H34F2N4O2/c1-32-12-11-28-17-3-5-18(6-4-17)31-24-14-21(23(27)15-29-24)20-13-19(7-8-22(20)26)30-16-25(33-2)9-10-25/h7-8,13-15,17-18,28,30H,3-6,9-12,16H2,1-2H3,(H,29,31). The molecular weight excluding hydrogens is 426 g/mol. The monoisotopic (exact) mass is 460 g/mol. The van der Waals surface area contributed by atoms with Crippen LogP contribution < -0.4 is 16.0 Å². The summed E-state index contributed by atoms with van der Waals surface area (Å²) >= 11 is 0. The average Bonchev–Trinajstić information content (AvgIpc) is 3.62. The molecule has 0 radical (unpaired) electrons. The van der Waals surface area contributed by atoms with E-state index in [1.165, 1.54) is 12.3 Å². The van der Waals surface area contributed by atoms with Crippen molar-refractivity contribution in [3.63, 3.8) is 0 Å². The van der Waals surface area contributed by atoms with E-state index in [2.05, 4.69) is 20.9 Å². The number of rotatable bonds is 11. The lowest BCUT2D eigenvalue weighted by molar-refractivity contribution is 0.0914. The zero-order chi connectivity index (χ0) is 23.3. The van der Waals surface area contributed by atoms with Gasteiger partial charge in [0, 0.05) is 56.2 Å². The minimum absolute atomic E-state index is 0.133. The summed E-state index contributed by atoms with van der Waals surface area (Å²) in [5.74, 6) is -0.443. The first-order valence-electron chi connectivity index (χ1n) is 11.8. The normalized spacial score (nSPS) is 21.6. The van der Waals surface area contributed by atoms with E-state index in [4.69, 9.17) is 9.47 Å². The van der Waals surface area contributed by atoms with Crippen LogP contribution in [0.5, 0.6) is 0 Å². The summed E-state index contributed by atoms with van der Waals surface area (Å²) in [5.41, 5.74) is 1.03. The van der Waals surface area contributed by atoms with Crippen molar-refractivity contribution in [1.82, 2.24) is 10.3 Å². The van der Waals surface area contributed by atoms with Gasteiger partial charge in [-0.25, -0.2) is 13.8 Å². The molecule has 3 N–H and O–H groups in total. The fourth-order valence-electron chi connectivity index (χ4n) is 4.44. The minimum Gasteiger partial charge on any atom is -0.383 e. The van der Waals surface area contributed by atoms with E-state index in [-0.39, 0.29) is 22.8 Å². The summed E-state index contributed by atoms with van der Waals surface area (Å²) in [6.45, 7) is 2.21. The number of benzene rings is 1. The summed E-state index contributed by atoms with van der Waals surface area (Å²) < 4.78 is 40.0. The zero-order valence-electron chi connectivity index (χ0n) is 19.4. The van der Waals surface area contributed by atoms with Gasteiger partial charge in [-0.3, -0.25) is 0 Å². The highest BCUT2D eigenvalue weighted by Crippen LogP contribution is 2.39. The van der Waals surface area contributed by atoms with Crippen molar-refractivity contribution in [1.29, 1.82) is 0 Å².